The first-order valence-corrected chi connectivity index (χ1v) is 6.65. The summed E-state index contributed by atoms with van der Waals surface area (Å²) in [5, 5.41) is 0. The number of carbonyl (C=O) groups excluding carboxylic acids is 3. The fourth-order valence-corrected chi connectivity index (χ4v) is 2.59. The van der Waals surface area contributed by atoms with E-state index in [0.29, 0.717) is 5.69 Å². The number of rotatable bonds is 3. The molecule has 0 spiro atoms. The van der Waals surface area contributed by atoms with E-state index in [-0.39, 0.29) is 6.61 Å². The topological polar surface area (TPSA) is 84.9 Å². The average Bonchev–Trinajstić information content (AvgIpc) is 3.02. The van der Waals surface area contributed by atoms with Gasteiger partial charge in [-0.05, 0) is 19.1 Å². The molecule has 0 aliphatic carbocycles. The lowest BCUT2D eigenvalue weighted by Gasteiger charge is -2.17. The summed E-state index contributed by atoms with van der Waals surface area (Å²) < 4.78 is 4.90. The van der Waals surface area contributed by atoms with Crippen molar-refractivity contribution in [3.05, 3.63) is 30.3 Å². The lowest BCUT2D eigenvalue weighted by molar-refractivity contribution is -0.149. The molecule has 2 unspecified atom stereocenters. The van der Waals surface area contributed by atoms with Gasteiger partial charge in [0.05, 0.1) is 12.3 Å². The van der Waals surface area contributed by atoms with E-state index < -0.39 is 35.8 Å². The molecule has 2 aliphatic rings. The Morgan fingerprint density at radius 3 is 2.67 bits per heavy atom. The van der Waals surface area contributed by atoms with Crippen LogP contribution in [0, 0.1) is 5.92 Å². The predicted molar refractivity (Wildman–Crippen MR) is 70.9 cm³/mol. The minimum Gasteiger partial charge on any atom is -0.465 e. The number of nitrogens with zero attached hydrogens (tertiary/aromatic N) is 1. The van der Waals surface area contributed by atoms with Crippen molar-refractivity contribution in [3.8, 4) is 0 Å². The van der Waals surface area contributed by atoms with E-state index in [1.165, 1.54) is 0 Å². The molecule has 3 rings (SSSR count). The van der Waals surface area contributed by atoms with Crippen LogP contribution in [0.2, 0.25) is 0 Å². The number of para-hydroxylation sites is 1. The summed E-state index contributed by atoms with van der Waals surface area (Å²) in [5.41, 5.74) is 2.90. The molecule has 1 N–H and O–H groups in total. The van der Waals surface area contributed by atoms with Crippen LogP contribution in [0.25, 0.3) is 0 Å². The molecule has 2 amide bonds. The molecule has 0 aromatic heterocycles. The molecular weight excluding hydrogens is 276 g/mol. The molecular formula is C14H14N2O5. The van der Waals surface area contributed by atoms with E-state index in [9.17, 15) is 14.4 Å². The first-order chi connectivity index (χ1) is 10.1. The molecule has 2 saturated heterocycles. The van der Waals surface area contributed by atoms with Crippen LogP contribution < -0.4 is 10.4 Å². The number of hydroxylamine groups is 1. The molecule has 7 nitrogen and oxygen atoms in total. The van der Waals surface area contributed by atoms with Gasteiger partial charge in [-0.15, -0.1) is 0 Å². The van der Waals surface area contributed by atoms with Crippen LogP contribution in [0.5, 0.6) is 0 Å². The Morgan fingerprint density at radius 2 is 2.00 bits per heavy atom. The van der Waals surface area contributed by atoms with Gasteiger partial charge in [0, 0.05) is 0 Å². The third-order valence-corrected chi connectivity index (χ3v) is 3.53. The number of ether oxygens (including phenoxy) is 1. The number of esters is 1. The molecule has 0 radical (unpaired) electrons. The van der Waals surface area contributed by atoms with Crippen LogP contribution in [0.3, 0.4) is 0 Å². The molecule has 21 heavy (non-hydrogen) atoms. The third kappa shape index (κ3) is 2.10. The maximum absolute atomic E-state index is 12.5. The Morgan fingerprint density at radius 1 is 1.29 bits per heavy atom. The Kier molecular flexibility index (Phi) is 3.44. The highest BCUT2D eigenvalue weighted by atomic mass is 16.7. The number of hydrogen-bond acceptors (Lipinski definition) is 6. The van der Waals surface area contributed by atoms with Gasteiger partial charge < -0.3 is 4.74 Å². The first kappa shape index (κ1) is 13.7. The minimum atomic E-state index is -0.993. The quantitative estimate of drug-likeness (QED) is 0.623. The zero-order valence-corrected chi connectivity index (χ0v) is 11.3. The van der Waals surface area contributed by atoms with Crippen molar-refractivity contribution < 1.29 is 24.0 Å². The van der Waals surface area contributed by atoms with Crippen molar-refractivity contribution in [3.63, 3.8) is 0 Å². The minimum absolute atomic E-state index is 0.193. The number of imide groups is 1. The van der Waals surface area contributed by atoms with Crippen LogP contribution in [0.4, 0.5) is 5.69 Å². The fraction of sp³-hybridized carbons (Fsp3) is 0.357. The number of amides is 2. The summed E-state index contributed by atoms with van der Waals surface area (Å²) in [7, 11) is 0. The molecule has 2 heterocycles. The van der Waals surface area contributed by atoms with Crippen molar-refractivity contribution in [1.29, 1.82) is 0 Å². The summed E-state index contributed by atoms with van der Waals surface area (Å²) in [6, 6.07) is 7.60. The second-order valence-electron chi connectivity index (χ2n) is 4.76. The monoisotopic (exact) mass is 290 g/mol. The SMILES string of the molecule is CCOC(=O)[C@@H]1NOC2C(=O)N(c3ccccc3)C(=O)C21. The van der Waals surface area contributed by atoms with E-state index in [2.05, 4.69) is 5.48 Å². The van der Waals surface area contributed by atoms with Gasteiger partial charge in [-0.25, -0.2) is 4.90 Å². The number of hydrogen-bond donors (Lipinski definition) is 1. The molecule has 7 heteroatoms. The van der Waals surface area contributed by atoms with Crippen molar-refractivity contribution >= 4 is 23.5 Å². The van der Waals surface area contributed by atoms with Gasteiger partial charge in [0.25, 0.3) is 5.91 Å². The Bertz CT molecular complexity index is 588. The predicted octanol–water partition coefficient (Wildman–Crippen LogP) is 0.0111. The average molecular weight is 290 g/mol. The van der Waals surface area contributed by atoms with Gasteiger partial charge in [-0.3, -0.25) is 19.2 Å². The van der Waals surface area contributed by atoms with Crippen LogP contribution in [-0.2, 0) is 24.0 Å². The Hall–Kier alpha value is -2.25. The highest BCUT2D eigenvalue weighted by Crippen LogP contribution is 2.33. The first-order valence-electron chi connectivity index (χ1n) is 6.65. The largest absolute Gasteiger partial charge is 0.465 e. The van der Waals surface area contributed by atoms with Crippen molar-refractivity contribution in [2.75, 3.05) is 11.5 Å². The normalized spacial score (nSPS) is 27.9. The maximum Gasteiger partial charge on any atom is 0.326 e. The van der Waals surface area contributed by atoms with Gasteiger partial charge in [-0.1, -0.05) is 18.2 Å². The van der Waals surface area contributed by atoms with Gasteiger partial charge in [-0.2, -0.15) is 5.48 Å². The van der Waals surface area contributed by atoms with Crippen molar-refractivity contribution in [1.82, 2.24) is 5.48 Å². The van der Waals surface area contributed by atoms with Gasteiger partial charge in [0.2, 0.25) is 5.91 Å². The fourth-order valence-electron chi connectivity index (χ4n) is 2.59. The molecule has 2 aliphatic heterocycles. The van der Waals surface area contributed by atoms with Crippen molar-refractivity contribution in [2.45, 2.75) is 19.1 Å². The highest BCUT2D eigenvalue weighted by Gasteiger charge is 2.59. The van der Waals surface area contributed by atoms with E-state index in [1.54, 1.807) is 37.3 Å². The second kappa shape index (κ2) is 5.27. The number of anilines is 1. The number of nitrogens with one attached hydrogen (secondary N) is 1. The molecule has 0 bridgehead atoms. The standard InChI is InChI=1S/C14H14N2O5/c1-2-20-14(19)10-9-11(21-15-10)13(18)16(12(9)17)8-6-4-3-5-7-8/h3-7,9-11,15H,2H2,1H3/t9?,10-,11?/m1/s1. The summed E-state index contributed by atoms with van der Waals surface area (Å²) >= 11 is 0. The van der Waals surface area contributed by atoms with E-state index >= 15 is 0 Å². The summed E-state index contributed by atoms with van der Waals surface area (Å²) in [6.07, 6.45) is -0.993. The zero-order chi connectivity index (χ0) is 15.0. The van der Waals surface area contributed by atoms with Crippen LogP contribution in [0.1, 0.15) is 6.92 Å². The maximum atomic E-state index is 12.5. The Balaban J connectivity index is 1.89. The zero-order valence-electron chi connectivity index (χ0n) is 11.3. The third-order valence-electron chi connectivity index (χ3n) is 3.53. The van der Waals surface area contributed by atoms with Crippen molar-refractivity contribution in [2.24, 2.45) is 5.92 Å². The molecule has 110 valence electrons. The van der Waals surface area contributed by atoms with E-state index in [0.717, 1.165) is 4.90 Å². The van der Waals surface area contributed by atoms with E-state index in [4.69, 9.17) is 9.57 Å². The molecule has 2 fully saturated rings. The second-order valence-corrected chi connectivity index (χ2v) is 4.76. The molecule has 1 aromatic carbocycles. The number of fused-ring (bicyclic) bond motifs is 1. The lowest BCUT2D eigenvalue weighted by atomic mass is 9.98. The van der Waals surface area contributed by atoms with Gasteiger partial charge in [0.15, 0.2) is 6.10 Å². The summed E-state index contributed by atoms with van der Waals surface area (Å²) in [4.78, 5) is 42.8. The smallest absolute Gasteiger partial charge is 0.326 e. The molecule has 0 saturated carbocycles. The number of carbonyl (C=O) groups is 3. The Labute approximate surface area is 120 Å². The highest BCUT2D eigenvalue weighted by molar-refractivity contribution is 6.24. The lowest BCUT2D eigenvalue weighted by Crippen LogP contribution is -2.43. The number of benzene rings is 1. The van der Waals surface area contributed by atoms with Gasteiger partial charge in [0.1, 0.15) is 12.0 Å². The molecule has 3 atom stereocenters. The molecule has 1 aromatic rings. The van der Waals surface area contributed by atoms with Crippen LogP contribution in [0.15, 0.2) is 30.3 Å². The van der Waals surface area contributed by atoms with Crippen LogP contribution >= 0.6 is 0 Å². The summed E-state index contributed by atoms with van der Waals surface area (Å²) in [6.45, 7) is 1.86. The summed E-state index contributed by atoms with van der Waals surface area (Å²) in [5.74, 6) is -2.42. The van der Waals surface area contributed by atoms with E-state index in [1.807, 2.05) is 0 Å². The van der Waals surface area contributed by atoms with Gasteiger partial charge >= 0.3 is 5.97 Å². The van der Waals surface area contributed by atoms with Crippen LogP contribution in [-0.4, -0.2) is 36.5 Å².